The Bertz CT molecular complexity index is 1770. The molecule has 0 aromatic heterocycles. The number of ether oxygens (including phenoxy) is 10. The number of cyclic esters (lactones) is 1. The lowest BCUT2D eigenvalue weighted by atomic mass is 9.74. The van der Waals surface area contributed by atoms with Gasteiger partial charge in [0.15, 0.2) is 24.7 Å². The minimum absolute atomic E-state index is 0.0547. The van der Waals surface area contributed by atoms with Gasteiger partial charge in [0, 0.05) is 69.9 Å². The fourth-order valence-electron chi connectivity index (χ4n) is 11.8. The minimum atomic E-state index is -2.01. The lowest BCUT2D eigenvalue weighted by Gasteiger charge is -2.44. The maximum absolute atomic E-state index is 15.3. The zero-order valence-corrected chi connectivity index (χ0v) is 46.1. The monoisotopic (exact) mass is 1030 g/mol. The number of esters is 2. The normalized spacial score (nSPS) is 43.6. The molecule has 1 saturated carbocycles. The predicted molar refractivity (Wildman–Crippen MR) is 264 cm³/mol. The molecule has 5 rings (SSSR count). The van der Waals surface area contributed by atoms with Crippen molar-refractivity contribution in [2.75, 3.05) is 34.5 Å². The fraction of sp³-hybridized carbons (Fsp3) is 0.925. The van der Waals surface area contributed by atoms with E-state index in [2.05, 4.69) is 17.0 Å². The van der Waals surface area contributed by atoms with Crippen LogP contribution < -0.4 is 0 Å². The van der Waals surface area contributed by atoms with Crippen molar-refractivity contribution >= 4 is 23.4 Å². The highest BCUT2D eigenvalue weighted by Gasteiger charge is 2.51. The summed E-state index contributed by atoms with van der Waals surface area (Å²) in [7, 11) is 4.33. The van der Waals surface area contributed by atoms with Gasteiger partial charge >= 0.3 is 11.9 Å². The Balaban J connectivity index is 1.61. The van der Waals surface area contributed by atoms with Crippen molar-refractivity contribution in [1.82, 2.24) is 4.90 Å². The molecule has 4 saturated heterocycles. The van der Waals surface area contributed by atoms with Crippen LogP contribution in [0.3, 0.4) is 0 Å². The topological polar surface area (TPSA) is 229 Å². The molecule has 0 radical (unpaired) electrons. The van der Waals surface area contributed by atoms with E-state index in [1.54, 1.807) is 27.7 Å². The Morgan fingerprint density at radius 1 is 0.819 bits per heavy atom. The van der Waals surface area contributed by atoms with Crippen LogP contribution in [0.4, 0.5) is 0 Å². The molecule has 4 heterocycles. The van der Waals surface area contributed by atoms with Crippen LogP contribution in [-0.2, 0) is 66.6 Å². The number of ketones is 1. The van der Waals surface area contributed by atoms with Gasteiger partial charge in [-0.1, -0.05) is 60.0 Å². The van der Waals surface area contributed by atoms with E-state index in [0.717, 1.165) is 19.4 Å². The SMILES string of the molecule is CON=C1C[C@@H](C)O[C@@H](O[C@@H]2[C@@H](C)[C@H](O[C@H]3CC(C)N(C4CCC4)C[C@H](C)O3)[C@@H](C)C(=O)O[C@H]([C@@H](C)CO[C@@H]3O[C@H](C)[C@@H](O)[C@@H](OC)[C@H]3OC)[C@H](C)[C@@H](OC(=O)CC(C)C)[C@@H](C)C(=O)[C@@](C)(O)C[C@@H]2C)[C@@H]1O. The highest BCUT2D eigenvalue weighted by molar-refractivity contribution is 5.90. The van der Waals surface area contributed by atoms with Crippen molar-refractivity contribution in [1.29, 1.82) is 0 Å². The van der Waals surface area contributed by atoms with Crippen LogP contribution in [0.1, 0.15) is 135 Å². The number of oxime groups is 1. The van der Waals surface area contributed by atoms with Crippen LogP contribution in [0.15, 0.2) is 5.16 Å². The molecule has 0 spiro atoms. The van der Waals surface area contributed by atoms with Gasteiger partial charge in [0.2, 0.25) is 0 Å². The second kappa shape index (κ2) is 26.6. The number of hydrogen-bond donors (Lipinski definition) is 3. The van der Waals surface area contributed by atoms with Crippen LogP contribution in [0.5, 0.6) is 0 Å². The predicted octanol–water partition coefficient (Wildman–Crippen LogP) is 5.20. The van der Waals surface area contributed by atoms with Crippen molar-refractivity contribution in [2.45, 2.75) is 239 Å². The van der Waals surface area contributed by atoms with Crippen LogP contribution in [0.2, 0.25) is 0 Å². The average Bonchev–Trinajstić information content (AvgIpc) is 3.42. The molecule has 19 heteroatoms. The van der Waals surface area contributed by atoms with Crippen molar-refractivity contribution < 1.29 is 81.9 Å². The number of hydrogen-bond acceptors (Lipinski definition) is 19. The van der Waals surface area contributed by atoms with E-state index in [-0.39, 0.29) is 43.9 Å². The Hall–Kier alpha value is -2.40. The summed E-state index contributed by atoms with van der Waals surface area (Å²) in [6.07, 6.45) is -8.24. The molecule has 3 N–H and O–H groups in total. The minimum Gasteiger partial charge on any atom is -0.461 e. The molecule has 416 valence electrons. The first kappa shape index (κ1) is 60.5. The summed E-state index contributed by atoms with van der Waals surface area (Å²) in [4.78, 5) is 51.5. The number of aliphatic hydroxyl groups is 3. The first-order valence-electron chi connectivity index (χ1n) is 26.7. The summed E-state index contributed by atoms with van der Waals surface area (Å²) in [6, 6.07) is 0.554. The van der Waals surface area contributed by atoms with E-state index >= 15 is 4.79 Å². The number of aliphatic hydroxyl groups excluding tert-OH is 2. The van der Waals surface area contributed by atoms with Crippen LogP contribution in [-0.4, -0.2) is 182 Å². The van der Waals surface area contributed by atoms with E-state index in [4.69, 9.17) is 52.2 Å². The van der Waals surface area contributed by atoms with Crippen molar-refractivity contribution in [3.05, 3.63) is 0 Å². The third-order valence-electron chi connectivity index (χ3n) is 15.9. The zero-order valence-electron chi connectivity index (χ0n) is 46.1. The van der Waals surface area contributed by atoms with Gasteiger partial charge in [-0.25, -0.2) is 0 Å². The fourth-order valence-corrected chi connectivity index (χ4v) is 11.8. The van der Waals surface area contributed by atoms with Gasteiger partial charge in [-0.05, 0) is 72.6 Å². The second-order valence-electron chi connectivity index (χ2n) is 22.7. The van der Waals surface area contributed by atoms with Gasteiger partial charge in [0.05, 0.1) is 54.7 Å². The van der Waals surface area contributed by atoms with E-state index in [9.17, 15) is 24.9 Å². The molecule has 5 aliphatic rings. The highest BCUT2D eigenvalue weighted by Crippen LogP contribution is 2.40. The molecule has 1 aliphatic carbocycles. The third kappa shape index (κ3) is 14.7. The number of nitrogens with zero attached hydrogens (tertiary/aromatic N) is 2. The quantitative estimate of drug-likeness (QED) is 0.142. The zero-order chi connectivity index (χ0) is 53.5. The lowest BCUT2D eigenvalue weighted by Crippen LogP contribution is -2.59. The Labute approximate surface area is 428 Å². The van der Waals surface area contributed by atoms with E-state index < -0.39 is 139 Å². The molecular formula is C53H92N2O17. The van der Waals surface area contributed by atoms with Crippen molar-refractivity contribution in [2.24, 2.45) is 46.6 Å². The highest BCUT2D eigenvalue weighted by atomic mass is 16.7. The summed E-state index contributed by atoms with van der Waals surface area (Å²) in [5.74, 6) is -6.79. The molecule has 0 aromatic carbocycles. The molecule has 5 fully saturated rings. The number of Topliss-reactive ketones (excluding diaryl/α,β-unsaturated/α-hetero) is 1. The van der Waals surface area contributed by atoms with Gasteiger partial charge in [0.25, 0.3) is 0 Å². The van der Waals surface area contributed by atoms with Gasteiger partial charge in [-0.2, -0.15) is 0 Å². The summed E-state index contributed by atoms with van der Waals surface area (Å²) in [5.41, 5.74) is -1.69. The third-order valence-corrected chi connectivity index (χ3v) is 15.9. The molecule has 0 amide bonds. The van der Waals surface area contributed by atoms with Gasteiger partial charge < -0.3 is 67.5 Å². The summed E-state index contributed by atoms with van der Waals surface area (Å²) in [6.45, 7) is 24.3. The number of carbonyl (C=O) groups excluding carboxylic acids is 3. The summed E-state index contributed by atoms with van der Waals surface area (Å²) >= 11 is 0. The average molecular weight is 1030 g/mol. The van der Waals surface area contributed by atoms with Crippen LogP contribution in [0.25, 0.3) is 0 Å². The van der Waals surface area contributed by atoms with Gasteiger partial charge in [0.1, 0.15) is 49.3 Å². The molecule has 0 aromatic rings. The summed E-state index contributed by atoms with van der Waals surface area (Å²) in [5, 5.41) is 39.0. The van der Waals surface area contributed by atoms with E-state index in [0.29, 0.717) is 18.2 Å². The van der Waals surface area contributed by atoms with E-state index in [1.165, 1.54) is 34.7 Å². The first-order valence-corrected chi connectivity index (χ1v) is 26.7. The number of methoxy groups -OCH3 is 2. The molecule has 72 heavy (non-hydrogen) atoms. The van der Waals surface area contributed by atoms with Crippen LogP contribution >= 0.6 is 0 Å². The number of rotatable bonds is 15. The maximum Gasteiger partial charge on any atom is 0.311 e. The van der Waals surface area contributed by atoms with E-state index in [1.807, 2.05) is 48.5 Å². The molecule has 1 unspecified atom stereocenters. The van der Waals surface area contributed by atoms with Gasteiger partial charge in [-0.15, -0.1) is 0 Å². The maximum atomic E-state index is 15.3. The lowest BCUT2D eigenvalue weighted by molar-refractivity contribution is -0.305. The molecule has 0 bridgehead atoms. The second-order valence-corrected chi connectivity index (χ2v) is 22.7. The Morgan fingerprint density at radius 2 is 1.49 bits per heavy atom. The first-order chi connectivity index (χ1) is 33.8. The van der Waals surface area contributed by atoms with Crippen molar-refractivity contribution in [3.8, 4) is 0 Å². The largest absolute Gasteiger partial charge is 0.461 e. The van der Waals surface area contributed by atoms with Gasteiger partial charge in [-0.3, -0.25) is 19.3 Å². The van der Waals surface area contributed by atoms with Crippen molar-refractivity contribution in [3.63, 3.8) is 0 Å². The Morgan fingerprint density at radius 3 is 2.08 bits per heavy atom. The molecular weight excluding hydrogens is 937 g/mol. The molecule has 4 aliphatic heterocycles. The smallest absolute Gasteiger partial charge is 0.311 e. The standard InChI is InChI=1S/C53H92N2O17/c1-26(2)20-39(56)69-45-33(9)44(28(4)25-65-52-48(63-15)47(62-14)41(57)36(12)68-52)71-50(60)35(11)46(70-40-21-29(5)55(24-31(7)66-40)37-18-17-19-37)32(8)43(27(3)23-53(13,61)49(59)34(45)10)72-51-42(58)38(54-64-16)22-30(6)67-51/h26-37,40-48,51-52,57-58,61H,17-25H2,1-16H3/t27-,28-,29?,30+,31-,32+,33-,34+,35+,36+,40-,41+,42+,43-,44+,45+,46-,47+,48+,51-,52+,53-/m0/s1. The summed E-state index contributed by atoms with van der Waals surface area (Å²) < 4.78 is 63.7. The molecule has 19 nitrogen and oxygen atoms in total. The van der Waals surface area contributed by atoms with Crippen LogP contribution in [0, 0.1) is 41.4 Å². The molecule has 22 atom stereocenters. The number of carbonyl (C=O) groups is 3. The Kier molecular flexibility index (Phi) is 22.3.